The van der Waals surface area contributed by atoms with Crippen molar-refractivity contribution in [2.24, 2.45) is 28.5 Å². The van der Waals surface area contributed by atoms with E-state index in [9.17, 15) is 14.4 Å². The Morgan fingerprint density at radius 2 is 1.53 bits per heavy atom. The molecule has 47 heavy (non-hydrogen) atoms. The van der Waals surface area contributed by atoms with Gasteiger partial charge in [0.1, 0.15) is 11.5 Å². The quantitative estimate of drug-likeness (QED) is 0.168. The highest BCUT2D eigenvalue weighted by molar-refractivity contribution is 6.20. The van der Waals surface area contributed by atoms with Crippen LogP contribution < -0.4 is 20.7 Å². The minimum Gasteiger partial charge on any atom is -0.457 e. The van der Waals surface area contributed by atoms with Crippen LogP contribution in [0.3, 0.4) is 0 Å². The van der Waals surface area contributed by atoms with Gasteiger partial charge in [-0.15, -0.1) is 0 Å². The van der Waals surface area contributed by atoms with Crippen molar-refractivity contribution in [3.8, 4) is 11.5 Å². The zero-order chi connectivity index (χ0) is 33.3. The largest absolute Gasteiger partial charge is 0.457 e. The summed E-state index contributed by atoms with van der Waals surface area (Å²) in [5.41, 5.74) is 9.49. The third kappa shape index (κ3) is 8.14. The maximum atomic E-state index is 14.6. The van der Waals surface area contributed by atoms with E-state index < -0.39 is 29.8 Å². The van der Waals surface area contributed by atoms with E-state index in [0.29, 0.717) is 42.2 Å². The average Bonchev–Trinajstić information content (AvgIpc) is 3.18. The van der Waals surface area contributed by atoms with Gasteiger partial charge in [0, 0.05) is 23.0 Å². The summed E-state index contributed by atoms with van der Waals surface area (Å²) in [6, 6.07) is 34.4. The molecule has 3 N–H and O–H groups in total. The average molecular weight is 631 g/mol. The second kappa shape index (κ2) is 15.4. The second-order valence-electron chi connectivity index (χ2n) is 12.3. The lowest BCUT2D eigenvalue weighted by Crippen LogP contribution is -2.50. The first-order valence-electron chi connectivity index (χ1n) is 16.2. The Morgan fingerprint density at radius 3 is 2.21 bits per heavy atom. The molecule has 0 saturated heterocycles. The van der Waals surface area contributed by atoms with Gasteiger partial charge in [0.2, 0.25) is 18.0 Å². The van der Waals surface area contributed by atoms with E-state index >= 15 is 0 Å². The number of hydrogen-bond acceptors (Lipinski definition) is 5. The number of carbonyl (C=O) groups is 3. The van der Waals surface area contributed by atoms with Crippen molar-refractivity contribution in [2.75, 3.05) is 4.90 Å². The number of benzene rings is 4. The Kier molecular flexibility index (Phi) is 10.8. The Balaban J connectivity index is 1.54. The molecule has 3 amide bonds. The molecule has 1 heterocycles. The summed E-state index contributed by atoms with van der Waals surface area (Å²) in [5.74, 6) is -1.18. The zero-order valence-electron chi connectivity index (χ0n) is 27.1. The molecule has 242 valence electrons. The van der Waals surface area contributed by atoms with E-state index in [2.05, 4.69) is 5.32 Å². The number of hydrogen-bond donors (Lipinski definition) is 2. The number of amides is 3. The van der Waals surface area contributed by atoms with Crippen LogP contribution in [0.25, 0.3) is 0 Å². The number of primary amides is 1. The molecule has 5 rings (SSSR count). The first-order valence-corrected chi connectivity index (χ1v) is 16.2. The molecule has 1 aliphatic heterocycles. The fourth-order valence-corrected chi connectivity index (χ4v) is 6.08. The van der Waals surface area contributed by atoms with Crippen LogP contribution in [-0.2, 0) is 20.9 Å². The van der Waals surface area contributed by atoms with Gasteiger partial charge in [-0.3, -0.25) is 14.4 Å². The van der Waals surface area contributed by atoms with Gasteiger partial charge in [0.05, 0.1) is 17.9 Å². The van der Waals surface area contributed by atoms with Crippen molar-refractivity contribution < 1.29 is 19.1 Å². The van der Waals surface area contributed by atoms with Crippen molar-refractivity contribution in [1.29, 1.82) is 0 Å². The van der Waals surface area contributed by atoms with Gasteiger partial charge in [-0.2, -0.15) is 0 Å². The van der Waals surface area contributed by atoms with Gasteiger partial charge in [0.25, 0.3) is 5.91 Å². The molecule has 4 aromatic carbocycles. The summed E-state index contributed by atoms with van der Waals surface area (Å²) in [6.07, 6.45) is 0.396. The van der Waals surface area contributed by atoms with Crippen LogP contribution in [0.5, 0.6) is 11.5 Å². The molecule has 1 aliphatic rings. The lowest BCUT2D eigenvalue weighted by molar-refractivity contribution is -0.136. The van der Waals surface area contributed by atoms with Crippen molar-refractivity contribution in [2.45, 2.75) is 52.7 Å². The van der Waals surface area contributed by atoms with E-state index in [1.165, 1.54) is 0 Å². The monoisotopic (exact) mass is 630 g/mol. The molecular formula is C39H42N4O4. The molecular weight excluding hydrogens is 588 g/mol. The van der Waals surface area contributed by atoms with Gasteiger partial charge >= 0.3 is 0 Å². The van der Waals surface area contributed by atoms with E-state index in [4.69, 9.17) is 15.5 Å². The molecule has 0 aromatic heterocycles. The topological polar surface area (TPSA) is 114 Å². The molecule has 0 fully saturated rings. The van der Waals surface area contributed by atoms with Crippen LogP contribution in [0.4, 0.5) is 5.69 Å². The van der Waals surface area contributed by atoms with Gasteiger partial charge in [-0.1, -0.05) is 106 Å². The van der Waals surface area contributed by atoms with Gasteiger partial charge in [0.15, 0.2) is 0 Å². The highest BCUT2D eigenvalue weighted by atomic mass is 16.5. The second-order valence-corrected chi connectivity index (χ2v) is 12.3. The normalized spacial score (nSPS) is 15.7. The lowest BCUT2D eigenvalue weighted by Gasteiger charge is -2.29. The number of rotatable bonds is 13. The number of nitrogens with two attached hydrogens (primary N) is 1. The van der Waals surface area contributed by atoms with Crippen LogP contribution in [0.15, 0.2) is 114 Å². The van der Waals surface area contributed by atoms with Crippen LogP contribution >= 0.6 is 0 Å². The number of para-hydroxylation sites is 2. The molecule has 0 radical (unpaired) electrons. The Morgan fingerprint density at radius 1 is 0.872 bits per heavy atom. The van der Waals surface area contributed by atoms with Crippen molar-refractivity contribution in [3.05, 3.63) is 126 Å². The van der Waals surface area contributed by atoms with Crippen molar-refractivity contribution in [1.82, 2.24) is 5.32 Å². The summed E-state index contributed by atoms with van der Waals surface area (Å²) >= 11 is 0. The van der Waals surface area contributed by atoms with E-state index in [-0.39, 0.29) is 18.4 Å². The maximum absolute atomic E-state index is 14.6. The number of carbonyl (C=O) groups excluding carboxylic acids is 3. The highest BCUT2D eigenvalue weighted by Crippen LogP contribution is 2.32. The van der Waals surface area contributed by atoms with E-state index in [0.717, 1.165) is 16.7 Å². The van der Waals surface area contributed by atoms with Crippen LogP contribution in [0, 0.1) is 17.8 Å². The van der Waals surface area contributed by atoms with Crippen LogP contribution in [0.1, 0.15) is 56.7 Å². The minimum atomic E-state index is -1.24. The highest BCUT2D eigenvalue weighted by Gasteiger charge is 2.37. The summed E-state index contributed by atoms with van der Waals surface area (Å²) in [4.78, 5) is 47.7. The third-order valence-electron chi connectivity index (χ3n) is 8.27. The summed E-state index contributed by atoms with van der Waals surface area (Å²) in [7, 11) is 0. The maximum Gasteiger partial charge on any atom is 0.272 e. The molecule has 0 aliphatic carbocycles. The number of anilines is 1. The molecule has 4 aromatic rings. The van der Waals surface area contributed by atoms with E-state index in [1.807, 2.05) is 130 Å². The number of ether oxygens (including phenoxy) is 1. The first kappa shape index (κ1) is 33.1. The number of nitrogens with zero attached hydrogens (tertiary/aromatic N) is 2. The summed E-state index contributed by atoms with van der Waals surface area (Å²) < 4.78 is 6.08. The standard InChI is InChI=1S/C39H42N4O4/c1-4-14-31(36(40)44)33(23-26(2)3)38(45)42-37-39(46)43(25-27-15-13-20-30(24-27)47-29-18-9-6-10-19-29)34-22-12-11-21-32(34)35(41-37)28-16-7-5-8-17-28/h5-13,15-22,24,26,31,33,37H,4,14,23,25H2,1-3H3,(H2,40,44)(H,42,45)/t31-,33+,37?/m0/s1. The number of aliphatic imine (C=N–C) groups is 1. The molecule has 1 unspecified atom stereocenters. The predicted octanol–water partition coefficient (Wildman–Crippen LogP) is 6.87. The van der Waals surface area contributed by atoms with Crippen LogP contribution in [-0.4, -0.2) is 29.6 Å². The zero-order valence-corrected chi connectivity index (χ0v) is 27.1. The molecule has 3 atom stereocenters. The van der Waals surface area contributed by atoms with Crippen LogP contribution in [0.2, 0.25) is 0 Å². The summed E-state index contributed by atoms with van der Waals surface area (Å²) in [5, 5.41) is 2.95. The fourth-order valence-electron chi connectivity index (χ4n) is 6.08. The molecule has 0 spiro atoms. The predicted molar refractivity (Wildman–Crippen MR) is 185 cm³/mol. The molecule has 8 heteroatoms. The number of fused-ring (bicyclic) bond motifs is 1. The first-order chi connectivity index (χ1) is 22.7. The third-order valence-corrected chi connectivity index (χ3v) is 8.27. The fraction of sp³-hybridized carbons (Fsp3) is 0.282. The molecule has 0 saturated carbocycles. The molecule has 0 bridgehead atoms. The smallest absolute Gasteiger partial charge is 0.272 e. The van der Waals surface area contributed by atoms with Gasteiger partial charge < -0.3 is 20.7 Å². The Labute approximate surface area is 276 Å². The number of nitrogens with one attached hydrogen (secondary N) is 1. The Bertz CT molecular complexity index is 1720. The minimum absolute atomic E-state index is 0.129. The van der Waals surface area contributed by atoms with Gasteiger partial charge in [-0.25, -0.2) is 4.99 Å². The number of benzodiazepines with no additional fused rings is 1. The lowest BCUT2D eigenvalue weighted by atomic mass is 9.81. The van der Waals surface area contributed by atoms with Crippen molar-refractivity contribution in [3.63, 3.8) is 0 Å². The Hall–Kier alpha value is -5.24. The van der Waals surface area contributed by atoms with E-state index in [1.54, 1.807) is 4.90 Å². The van der Waals surface area contributed by atoms with Crippen molar-refractivity contribution >= 4 is 29.1 Å². The molecule has 8 nitrogen and oxygen atoms in total. The van der Waals surface area contributed by atoms with Gasteiger partial charge in [-0.05, 0) is 54.7 Å². The SMILES string of the molecule is CCC[C@H](C(N)=O)[C@@H](CC(C)C)C(=O)NC1N=C(c2ccccc2)c2ccccc2N(Cc2cccc(Oc3ccccc3)c2)C1=O. The summed E-state index contributed by atoms with van der Waals surface area (Å²) in [6.45, 7) is 6.17.